The Kier molecular flexibility index (Phi) is 3.19. The van der Waals surface area contributed by atoms with E-state index in [9.17, 15) is 9.90 Å². The number of aliphatic carboxylic acids is 1. The van der Waals surface area contributed by atoms with Gasteiger partial charge in [0.05, 0.1) is 13.0 Å². The molecule has 4 nitrogen and oxygen atoms in total. The molecule has 4 heteroatoms. The fourth-order valence-electron chi connectivity index (χ4n) is 3.55. The lowest BCUT2D eigenvalue weighted by atomic mass is 9.89. The first-order valence-corrected chi connectivity index (χ1v) is 6.80. The summed E-state index contributed by atoms with van der Waals surface area (Å²) in [6.45, 7) is 0.850. The lowest BCUT2D eigenvalue weighted by Gasteiger charge is -2.22. The zero-order valence-corrected chi connectivity index (χ0v) is 11.1. The number of hydrogen-bond donors (Lipinski definition) is 1. The number of carbonyl (C=O) groups is 1. The van der Waals surface area contributed by atoms with E-state index in [1.165, 1.54) is 5.56 Å². The Morgan fingerprint density at radius 3 is 2.68 bits per heavy atom. The van der Waals surface area contributed by atoms with Crippen molar-refractivity contribution in [1.29, 1.82) is 0 Å². The number of benzene rings is 1. The average molecular weight is 261 g/mol. The number of ether oxygens (including phenoxy) is 1. The molecule has 2 aliphatic rings. The summed E-state index contributed by atoms with van der Waals surface area (Å²) in [5.41, 5.74) is 1.23. The van der Waals surface area contributed by atoms with E-state index in [0.717, 1.165) is 31.6 Å². The predicted octanol–water partition coefficient (Wildman–Crippen LogP) is 2.13. The van der Waals surface area contributed by atoms with E-state index in [-0.39, 0.29) is 12.0 Å². The van der Waals surface area contributed by atoms with Gasteiger partial charge in [-0.1, -0.05) is 12.1 Å². The van der Waals surface area contributed by atoms with Crippen LogP contribution < -0.4 is 4.74 Å². The van der Waals surface area contributed by atoms with Gasteiger partial charge in [-0.05, 0) is 37.0 Å². The first kappa shape index (κ1) is 12.5. The number of carboxylic acids is 1. The second-order valence-electron chi connectivity index (χ2n) is 5.50. The van der Waals surface area contributed by atoms with Crippen LogP contribution in [0.25, 0.3) is 0 Å². The van der Waals surface area contributed by atoms with Crippen molar-refractivity contribution in [3.05, 3.63) is 29.8 Å². The maximum atomic E-state index is 11.2. The minimum atomic E-state index is -0.632. The van der Waals surface area contributed by atoms with E-state index < -0.39 is 5.97 Å². The molecule has 0 spiro atoms. The molecule has 2 heterocycles. The van der Waals surface area contributed by atoms with Crippen molar-refractivity contribution in [2.75, 3.05) is 7.11 Å². The number of rotatable bonds is 4. The third-order valence-corrected chi connectivity index (χ3v) is 4.52. The van der Waals surface area contributed by atoms with Gasteiger partial charge in [0.2, 0.25) is 0 Å². The van der Waals surface area contributed by atoms with Gasteiger partial charge < -0.3 is 9.84 Å². The maximum Gasteiger partial charge on any atom is 0.308 e. The van der Waals surface area contributed by atoms with Crippen LogP contribution in [0.15, 0.2) is 24.3 Å². The van der Waals surface area contributed by atoms with E-state index in [0.29, 0.717) is 6.04 Å². The Balaban J connectivity index is 1.71. The Bertz CT molecular complexity index is 471. The van der Waals surface area contributed by atoms with Gasteiger partial charge in [0.1, 0.15) is 5.75 Å². The van der Waals surface area contributed by atoms with E-state index in [4.69, 9.17) is 4.74 Å². The quantitative estimate of drug-likeness (QED) is 0.902. The van der Waals surface area contributed by atoms with E-state index in [1.807, 2.05) is 12.1 Å². The molecule has 3 unspecified atom stereocenters. The molecular formula is C15H19NO3. The van der Waals surface area contributed by atoms with Crippen LogP contribution in [0.2, 0.25) is 0 Å². The van der Waals surface area contributed by atoms with E-state index in [1.54, 1.807) is 7.11 Å². The molecule has 2 aliphatic heterocycles. The largest absolute Gasteiger partial charge is 0.497 e. The Labute approximate surface area is 113 Å². The molecule has 0 aromatic heterocycles. The summed E-state index contributed by atoms with van der Waals surface area (Å²) >= 11 is 0. The van der Waals surface area contributed by atoms with Crippen LogP contribution in [0, 0.1) is 5.92 Å². The molecule has 3 atom stereocenters. The highest BCUT2D eigenvalue weighted by Crippen LogP contribution is 2.42. The van der Waals surface area contributed by atoms with Crippen molar-refractivity contribution in [1.82, 2.24) is 4.90 Å². The predicted molar refractivity (Wildman–Crippen MR) is 71.1 cm³/mol. The molecule has 102 valence electrons. The fraction of sp³-hybridized carbons (Fsp3) is 0.533. The Hall–Kier alpha value is -1.55. The molecule has 2 fully saturated rings. The minimum Gasteiger partial charge on any atom is -0.497 e. The summed E-state index contributed by atoms with van der Waals surface area (Å²) in [6.07, 6.45) is 2.98. The molecule has 0 saturated carbocycles. The summed E-state index contributed by atoms with van der Waals surface area (Å²) in [4.78, 5) is 13.6. The smallest absolute Gasteiger partial charge is 0.308 e. The zero-order valence-electron chi connectivity index (χ0n) is 11.1. The fourth-order valence-corrected chi connectivity index (χ4v) is 3.55. The van der Waals surface area contributed by atoms with Crippen molar-refractivity contribution in [2.24, 2.45) is 5.92 Å². The van der Waals surface area contributed by atoms with Gasteiger partial charge in [0.15, 0.2) is 0 Å². The van der Waals surface area contributed by atoms with Crippen LogP contribution in [0.5, 0.6) is 5.75 Å². The molecule has 2 bridgehead atoms. The molecular weight excluding hydrogens is 242 g/mol. The van der Waals surface area contributed by atoms with Gasteiger partial charge in [-0.3, -0.25) is 9.69 Å². The van der Waals surface area contributed by atoms with Crippen LogP contribution in [-0.2, 0) is 11.3 Å². The topological polar surface area (TPSA) is 49.8 Å². The SMILES string of the molecule is COc1ccc(CN2C3CCC2C(C(=O)O)C3)cc1. The molecule has 0 radical (unpaired) electrons. The number of nitrogens with zero attached hydrogens (tertiary/aromatic N) is 1. The Morgan fingerprint density at radius 1 is 1.37 bits per heavy atom. The number of carboxylic acid groups (broad SMARTS) is 1. The number of methoxy groups -OCH3 is 1. The van der Waals surface area contributed by atoms with Gasteiger partial charge in [-0.25, -0.2) is 0 Å². The normalized spacial score (nSPS) is 29.6. The summed E-state index contributed by atoms with van der Waals surface area (Å²) in [7, 11) is 1.66. The second kappa shape index (κ2) is 4.85. The summed E-state index contributed by atoms with van der Waals surface area (Å²) in [6, 6.07) is 8.72. The van der Waals surface area contributed by atoms with Crippen LogP contribution in [0.4, 0.5) is 0 Å². The molecule has 0 aliphatic carbocycles. The van der Waals surface area contributed by atoms with Crippen molar-refractivity contribution in [3.8, 4) is 5.75 Å². The van der Waals surface area contributed by atoms with Gasteiger partial charge >= 0.3 is 5.97 Å². The van der Waals surface area contributed by atoms with Crippen LogP contribution in [0.3, 0.4) is 0 Å². The highest BCUT2D eigenvalue weighted by molar-refractivity contribution is 5.71. The van der Waals surface area contributed by atoms with Crippen LogP contribution in [-0.4, -0.2) is 35.2 Å². The van der Waals surface area contributed by atoms with Gasteiger partial charge in [0.25, 0.3) is 0 Å². The van der Waals surface area contributed by atoms with E-state index in [2.05, 4.69) is 17.0 Å². The van der Waals surface area contributed by atoms with Crippen LogP contribution in [0.1, 0.15) is 24.8 Å². The monoisotopic (exact) mass is 261 g/mol. The molecule has 19 heavy (non-hydrogen) atoms. The number of fused-ring (bicyclic) bond motifs is 2. The molecule has 1 aromatic rings. The van der Waals surface area contributed by atoms with Crippen LogP contribution >= 0.6 is 0 Å². The van der Waals surface area contributed by atoms with Gasteiger partial charge in [-0.15, -0.1) is 0 Å². The summed E-state index contributed by atoms with van der Waals surface area (Å²) < 4.78 is 5.15. The van der Waals surface area contributed by atoms with E-state index >= 15 is 0 Å². The highest BCUT2D eigenvalue weighted by atomic mass is 16.5. The lowest BCUT2D eigenvalue weighted by molar-refractivity contribution is -0.142. The number of hydrogen-bond acceptors (Lipinski definition) is 3. The molecule has 3 rings (SSSR count). The van der Waals surface area contributed by atoms with Crippen molar-refractivity contribution < 1.29 is 14.6 Å². The first-order chi connectivity index (χ1) is 9.19. The highest BCUT2D eigenvalue weighted by Gasteiger charge is 2.48. The van der Waals surface area contributed by atoms with Gasteiger partial charge in [0, 0.05) is 18.6 Å². The summed E-state index contributed by atoms with van der Waals surface area (Å²) in [5, 5.41) is 9.24. The van der Waals surface area contributed by atoms with Gasteiger partial charge in [-0.2, -0.15) is 0 Å². The first-order valence-electron chi connectivity index (χ1n) is 6.80. The maximum absolute atomic E-state index is 11.2. The summed E-state index contributed by atoms with van der Waals surface area (Å²) in [5.74, 6) is 0.0560. The average Bonchev–Trinajstić information content (AvgIpc) is 2.97. The minimum absolute atomic E-state index is 0.169. The zero-order chi connectivity index (χ0) is 13.4. The van der Waals surface area contributed by atoms with Crippen molar-refractivity contribution in [3.63, 3.8) is 0 Å². The third-order valence-electron chi connectivity index (χ3n) is 4.52. The molecule has 1 N–H and O–H groups in total. The van der Waals surface area contributed by atoms with Crippen molar-refractivity contribution >= 4 is 5.97 Å². The lowest BCUT2D eigenvalue weighted by Crippen LogP contribution is -2.32. The Morgan fingerprint density at radius 2 is 2.11 bits per heavy atom. The second-order valence-corrected chi connectivity index (χ2v) is 5.50. The molecule has 0 amide bonds. The molecule has 2 saturated heterocycles. The standard InChI is InChI=1S/C15H19NO3/c1-19-12-5-2-10(3-6-12)9-16-11-4-7-14(16)13(8-11)15(17)18/h2-3,5-6,11,13-14H,4,7-9H2,1H3,(H,17,18). The van der Waals surface area contributed by atoms with Crippen molar-refractivity contribution in [2.45, 2.75) is 37.9 Å². The molecule has 1 aromatic carbocycles. The third kappa shape index (κ3) is 2.21.